The van der Waals surface area contributed by atoms with Gasteiger partial charge in [-0.25, -0.2) is 9.50 Å². The molecule has 2 aliphatic rings. The number of carbonyl (C=O) groups is 1. The van der Waals surface area contributed by atoms with E-state index in [1.807, 2.05) is 43.1 Å². The van der Waals surface area contributed by atoms with Crippen molar-refractivity contribution in [1.82, 2.24) is 34.8 Å². The van der Waals surface area contributed by atoms with Crippen molar-refractivity contribution in [3.8, 4) is 0 Å². The summed E-state index contributed by atoms with van der Waals surface area (Å²) in [6.07, 6.45) is 9.90. The predicted octanol–water partition coefficient (Wildman–Crippen LogP) is 3.42. The molecule has 0 aromatic carbocycles. The third-order valence-corrected chi connectivity index (χ3v) is 6.92. The van der Waals surface area contributed by atoms with Crippen molar-refractivity contribution in [2.45, 2.75) is 57.4 Å². The van der Waals surface area contributed by atoms with Gasteiger partial charge in [0, 0.05) is 30.4 Å². The Morgan fingerprint density at radius 2 is 2.14 bits per heavy atom. The van der Waals surface area contributed by atoms with Gasteiger partial charge in [-0.05, 0) is 51.2 Å². The lowest BCUT2D eigenvalue weighted by atomic mass is 9.98. The molecule has 4 aromatic rings. The lowest BCUT2D eigenvalue weighted by molar-refractivity contribution is -0.120. The van der Waals surface area contributed by atoms with Crippen LogP contribution in [0, 0.1) is 0 Å². The fourth-order valence-electron chi connectivity index (χ4n) is 4.63. The van der Waals surface area contributed by atoms with Gasteiger partial charge in [-0.3, -0.25) is 14.9 Å². The first-order chi connectivity index (χ1) is 17.0. The van der Waals surface area contributed by atoms with Gasteiger partial charge in [0.25, 0.3) is 5.91 Å². The number of aryl methyl sites for hydroxylation is 1. The molecular formula is C24H28N10O. The highest BCUT2D eigenvalue weighted by molar-refractivity contribution is 5.99. The van der Waals surface area contributed by atoms with Crippen LogP contribution in [0.25, 0.3) is 5.52 Å². The lowest BCUT2D eigenvalue weighted by Gasteiger charge is -2.33. The van der Waals surface area contributed by atoms with Gasteiger partial charge >= 0.3 is 0 Å². The summed E-state index contributed by atoms with van der Waals surface area (Å²) in [6.45, 7) is 4.61. The summed E-state index contributed by atoms with van der Waals surface area (Å²) in [4.78, 5) is 28.9. The van der Waals surface area contributed by atoms with Gasteiger partial charge in [0.2, 0.25) is 5.95 Å². The number of amides is 1. The van der Waals surface area contributed by atoms with Crippen LogP contribution in [-0.2, 0) is 11.2 Å². The van der Waals surface area contributed by atoms with Crippen LogP contribution in [0.4, 0.5) is 23.4 Å². The quantitative estimate of drug-likeness (QED) is 0.373. The van der Waals surface area contributed by atoms with Gasteiger partial charge in [-0.15, -0.1) is 5.10 Å². The highest BCUT2D eigenvalue weighted by Crippen LogP contribution is 2.40. The van der Waals surface area contributed by atoms with E-state index in [9.17, 15) is 4.79 Å². The Balaban J connectivity index is 1.29. The third-order valence-electron chi connectivity index (χ3n) is 6.92. The smallest absolute Gasteiger partial charge is 0.251 e. The van der Waals surface area contributed by atoms with E-state index in [0.29, 0.717) is 36.5 Å². The Kier molecular flexibility index (Phi) is 5.12. The Morgan fingerprint density at radius 3 is 2.91 bits per heavy atom. The Hall–Kier alpha value is -4.02. The zero-order valence-corrected chi connectivity index (χ0v) is 19.8. The van der Waals surface area contributed by atoms with Gasteiger partial charge < -0.3 is 15.5 Å². The lowest BCUT2D eigenvalue weighted by Crippen LogP contribution is -2.52. The second kappa shape index (κ2) is 8.33. The van der Waals surface area contributed by atoms with Gasteiger partial charge in [0.15, 0.2) is 17.5 Å². The molecule has 1 saturated carbocycles. The fourth-order valence-corrected chi connectivity index (χ4v) is 4.63. The average molecular weight is 473 g/mol. The number of nitrogens with zero attached hydrogens (tertiary/aromatic N) is 7. The SMILES string of the molecule is CCc1cnc(NC(=O)[C@]2(C)CCCN2c2nc(Nc3cc(C4CC4)[nH]n3)c3cccn3n2)cn1. The number of hydrogen-bond donors (Lipinski definition) is 3. The molecule has 35 heavy (non-hydrogen) atoms. The minimum absolute atomic E-state index is 0.152. The molecule has 1 saturated heterocycles. The second-order valence-corrected chi connectivity index (χ2v) is 9.44. The molecule has 1 atom stereocenters. The predicted molar refractivity (Wildman–Crippen MR) is 132 cm³/mol. The standard InChI is InChI=1S/C24H28N10O/c1-3-16-13-26-20(14-25-16)28-22(35)24(2)9-5-10-33(24)23-29-21(18-6-4-11-34(18)32-23)27-19-12-17(30-31-19)15-7-8-15/h4,6,11-15H,3,5,7-10H2,1-2H3,(H,26,28,35)(H2,27,29,30,31,32)/t24-/m0/s1. The molecule has 0 unspecified atom stereocenters. The van der Waals surface area contributed by atoms with Crippen molar-refractivity contribution < 1.29 is 4.79 Å². The van der Waals surface area contributed by atoms with Crippen LogP contribution in [0.2, 0.25) is 0 Å². The topological polar surface area (TPSA) is 129 Å². The second-order valence-electron chi connectivity index (χ2n) is 9.44. The summed E-state index contributed by atoms with van der Waals surface area (Å²) >= 11 is 0. The maximum atomic E-state index is 13.4. The Morgan fingerprint density at radius 1 is 1.26 bits per heavy atom. The first-order valence-electron chi connectivity index (χ1n) is 12.1. The van der Waals surface area contributed by atoms with E-state index in [0.717, 1.165) is 35.6 Å². The van der Waals surface area contributed by atoms with E-state index in [-0.39, 0.29) is 5.91 Å². The van der Waals surface area contributed by atoms with Gasteiger partial charge in [0.05, 0.1) is 18.1 Å². The molecule has 4 aromatic heterocycles. The van der Waals surface area contributed by atoms with Gasteiger partial charge in [-0.2, -0.15) is 10.1 Å². The molecule has 3 N–H and O–H groups in total. The van der Waals surface area contributed by atoms with Gasteiger partial charge in [0.1, 0.15) is 11.1 Å². The van der Waals surface area contributed by atoms with E-state index in [1.165, 1.54) is 12.8 Å². The Bertz CT molecular complexity index is 1370. The zero-order valence-electron chi connectivity index (χ0n) is 19.8. The first-order valence-corrected chi connectivity index (χ1v) is 12.1. The number of carbonyl (C=O) groups excluding carboxylic acids is 1. The molecule has 1 aliphatic heterocycles. The summed E-state index contributed by atoms with van der Waals surface area (Å²) in [7, 11) is 0. The minimum Gasteiger partial charge on any atom is -0.325 e. The van der Waals surface area contributed by atoms with Crippen LogP contribution in [0.3, 0.4) is 0 Å². The number of aromatic amines is 1. The van der Waals surface area contributed by atoms with Gasteiger partial charge in [-0.1, -0.05) is 6.92 Å². The zero-order chi connectivity index (χ0) is 24.0. The number of anilines is 4. The van der Waals surface area contributed by atoms with Crippen LogP contribution in [-0.4, -0.2) is 52.8 Å². The number of hydrogen-bond acceptors (Lipinski definition) is 8. The summed E-state index contributed by atoms with van der Waals surface area (Å²) < 4.78 is 1.78. The average Bonchev–Trinajstić information content (AvgIpc) is 3.23. The van der Waals surface area contributed by atoms with Crippen molar-refractivity contribution in [2.24, 2.45) is 0 Å². The third kappa shape index (κ3) is 3.96. The molecule has 0 bridgehead atoms. The van der Waals surface area contributed by atoms with E-state index >= 15 is 0 Å². The maximum Gasteiger partial charge on any atom is 0.251 e. The fraction of sp³-hybridized carbons (Fsp3) is 0.417. The number of H-pyrrole nitrogens is 1. The van der Waals surface area contributed by atoms with Crippen LogP contribution in [0.5, 0.6) is 0 Å². The molecule has 2 fully saturated rings. The number of aromatic nitrogens is 7. The molecule has 5 heterocycles. The molecule has 11 nitrogen and oxygen atoms in total. The minimum atomic E-state index is -0.825. The molecule has 0 radical (unpaired) electrons. The van der Waals surface area contributed by atoms with Crippen LogP contribution in [0.1, 0.15) is 56.8 Å². The van der Waals surface area contributed by atoms with E-state index in [1.54, 1.807) is 16.9 Å². The summed E-state index contributed by atoms with van der Waals surface area (Å²) in [5.41, 5.74) is 2.04. The largest absolute Gasteiger partial charge is 0.325 e. The van der Waals surface area contributed by atoms with Crippen LogP contribution < -0.4 is 15.5 Å². The molecular weight excluding hydrogens is 444 g/mol. The molecule has 1 aliphatic carbocycles. The first kappa shape index (κ1) is 21.5. The van der Waals surface area contributed by atoms with E-state index < -0.39 is 5.54 Å². The maximum absolute atomic E-state index is 13.4. The molecule has 180 valence electrons. The molecule has 6 rings (SSSR count). The van der Waals surface area contributed by atoms with Crippen molar-refractivity contribution in [2.75, 3.05) is 22.1 Å². The number of nitrogens with one attached hydrogen (secondary N) is 3. The molecule has 1 amide bonds. The molecule has 0 spiro atoms. The monoisotopic (exact) mass is 472 g/mol. The summed E-state index contributed by atoms with van der Waals surface area (Å²) in [6, 6.07) is 5.92. The highest BCUT2D eigenvalue weighted by atomic mass is 16.2. The summed E-state index contributed by atoms with van der Waals surface area (Å²) in [5, 5.41) is 18.5. The van der Waals surface area contributed by atoms with Crippen molar-refractivity contribution >= 4 is 34.8 Å². The van der Waals surface area contributed by atoms with E-state index in [4.69, 9.17) is 10.1 Å². The van der Waals surface area contributed by atoms with E-state index in [2.05, 4.69) is 30.8 Å². The highest BCUT2D eigenvalue weighted by Gasteiger charge is 2.45. The van der Waals surface area contributed by atoms with Crippen molar-refractivity contribution in [3.05, 3.63) is 48.2 Å². The Labute approximate surface area is 202 Å². The number of fused-ring (bicyclic) bond motifs is 1. The summed E-state index contributed by atoms with van der Waals surface area (Å²) in [5.74, 6) is 2.71. The van der Waals surface area contributed by atoms with Crippen molar-refractivity contribution in [1.29, 1.82) is 0 Å². The number of rotatable bonds is 7. The molecule has 11 heteroatoms. The van der Waals surface area contributed by atoms with Crippen molar-refractivity contribution in [3.63, 3.8) is 0 Å². The van der Waals surface area contributed by atoms with Crippen LogP contribution >= 0.6 is 0 Å². The van der Waals surface area contributed by atoms with Crippen LogP contribution in [0.15, 0.2) is 36.8 Å². The normalized spacial score (nSPS) is 19.9.